The van der Waals surface area contributed by atoms with Crippen molar-refractivity contribution < 1.29 is 35.5 Å². The van der Waals surface area contributed by atoms with Gasteiger partial charge in [0.2, 0.25) is 0 Å². The molecule has 3 aliphatic carbocycles. The summed E-state index contributed by atoms with van der Waals surface area (Å²) in [6, 6.07) is 7.27. The number of carbonyl (C=O) groups is 1. The fraction of sp³-hybridized carbons (Fsp3) is 0.273. The summed E-state index contributed by atoms with van der Waals surface area (Å²) in [5.41, 5.74) is 0.442. The first-order valence-corrected chi connectivity index (χ1v) is 15.0. The Morgan fingerprint density at radius 3 is 2.26 bits per heavy atom. The van der Waals surface area contributed by atoms with Crippen LogP contribution in [0.4, 0.5) is 0 Å². The van der Waals surface area contributed by atoms with Crippen molar-refractivity contribution in [3.8, 4) is 17.6 Å². The van der Waals surface area contributed by atoms with Crippen molar-refractivity contribution in [2.75, 3.05) is 7.11 Å². The molecule has 0 saturated heterocycles. The van der Waals surface area contributed by atoms with Gasteiger partial charge in [0.05, 0.1) is 12.7 Å². The Balaban J connectivity index is 1.44. The van der Waals surface area contributed by atoms with Gasteiger partial charge in [-0.05, 0) is 6.07 Å². The van der Waals surface area contributed by atoms with Gasteiger partial charge in [-0.2, -0.15) is 5.26 Å². The number of hydrogen-bond acceptors (Lipinski definition) is 4. The minimum atomic E-state index is -0.385. The molecule has 4 rings (SSSR count). The molecule has 1 saturated carbocycles. The molecule has 1 fully saturated rings. The van der Waals surface area contributed by atoms with E-state index >= 15 is 0 Å². The predicted molar refractivity (Wildman–Crippen MR) is 152 cm³/mol. The number of amides is 1. The molecule has 202 valence electrons. The molecule has 0 radical (unpaired) electrons. The molecule has 0 bridgehead atoms. The standard InChI is InChI=1S/C33H34IN2O3/c1-32(2)30(33(3,4)31(32)39-27-20-18-24(22-35)28(21-27)38-5)36-29(37)23-13-11-12-16-26(19-17-23)34-25-14-9-7-6-8-10-15-25/h6-21,30-31H,1-5H3,(H,36,37)/q-1/b7-6-,8-6?,9-7?,10-8-,12-11-,13-11?,14-9-,15-10?,16-12?,19-17-,23-13+,23-17?,25-14?,25-15+,26-16+,26-19?. The van der Waals surface area contributed by atoms with Crippen molar-refractivity contribution in [2.45, 2.75) is 39.8 Å². The van der Waals surface area contributed by atoms with E-state index in [1.54, 1.807) is 25.3 Å². The fourth-order valence-corrected chi connectivity index (χ4v) is 7.76. The third kappa shape index (κ3) is 6.36. The van der Waals surface area contributed by atoms with E-state index in [-0.39, 0.29) is 50.1 Å². The SMILES string of the molecule is COc1cc(OC2C(C)(C)C(NC(=O)C3=C/C=C\C=C([I-]C4=C/C=C\C=C/C=C\4)/C=C\3)C2(C)C)ccc1C#N. The maximum absolute atomic E-state index is 13.4. The number of allylic oxidation sites excluding steroid dienone is 14. The molecule has 0 heterocycles. The average Bonchev–Trinajstić information content (AvgIpc) is 2.88. The molecule has 1 aromatic carbocycles. The molecule has 0 aromatic heterocycles. The summed E-state index contributed by atoms with van der Waals surface area (Å²) in [5, 5.41) is 12.6. The first-order chi connectivity index (χ1) is 18.7. The number of carbonyl (C=O) groups excluding carboxylic acids is 1. The summed E-state index contributed by atoms with van der Waals surface area (Å²) in [4.78, 5) is 13.4. The summed E-state index contributed by atoms with van der Waals surface area (Å²) >= 11 is -0.385. The van der Waals surface area contributed by atoms with Crippen LogP contribution in [0.1, 0.15) is 33.3 Å². The van der Waals surface area contributed by atoms with Gasteiger partial charge in [-0.15, -0.1) is 0 Å². The quantitative estimate of drug-likeness (QED) is 0.468. The van der Waals surface area contributed by atoms with E-state index in [4.69, 9.17) is 9.47 Å². The van der Waals surface area contributed by atoms with Crippen LogP contribution in [-0.2, 0) is 4.79 Å². The van der Waals surface area contributed by atoms with E-state index in [9.17, 15) is 10.1 Å². The number of benzene rings is 1. The first-order valence-electron chi connectivity index (χ1n) is 12.9. The zero-order chi connectivity index (χ0) is 28.0. The van der Waals surface area contributed by atoms with Gasteiger partial charge in [0.1, 0.15) is 11.8 Å². The smallest absolute Gasteiger partial charge is 0.192 e. The van der Waals surface area contributed by atoms with Crippen molar-refractivity contribution >= 4 is 5.91 Å². The van der Waals surface area contributed by atoms with Crippen LogP contribution in [-0.4, -0.2) is 25.2 Å². The van der Waals surface area contributed by atoms with Crippen LogP contribution in [0, 0.1) is 22.2 Å². The van der Waals surface area contributed by atoms with E-state index in [0.29, 0.717) is 22.6 Å². The van der Waals surface area contributed by atoms with Gasteiger partial charge >= 0.3 is 202 Å². The Morgan fingerprint density at radius 2 is 1.54 bits per heavy atom. The van der Waals surface area contributed by atoms with Crippen molar-refractivity contribution in [3.05, 3.63) is 115 Å². The van der Waals surface area contributed by atoms with Crippen LogP contribution in [0.15, 0.2) is 110 Å². The van der Waals surface area contributed by atoms with Crippen LogP contribution < -0.4 is 36.0 Å². The number of nitriles is 1. The van der Waals surface area contributed by atoms with Crippen molar-refractivity contribution in [1.82, 2.24) is 5.32 Å². The first kappa shape index (κ1) is 28.4. The van der Waals surface area contributed by atoms with E-state index in [0.717, 1.165) is 0 Å². The number of rotatable bonds is 7. The van der Waals surface area contributed by atoms with Crippen LogP contribution >= 0.6 is 0 Å². The molecule has 1 N–H and O–H groups in total. The topological polar surface area (TPSA) is 71.3 Å². The molecule has 39 heavy (non-hydrogen) atoms. The summed E-state index contributed by atoms with van der Waals surface area (Å²) in [6.45, 7) is 8.45. The normalized spacial score (nSPS) is 30.7. The van der Waals surface area contributed by atoms with Crippen LogP contribution in [0.3, 0.4) is 0 Å². The van der Waals surface area contributed by atoms with Crippen LogP contribution in [0.2, 0.25) is 0 Å². The number of hydrogen-bond donors (Lipinski definition) is 1. The third-order valence-electron chi connectivity index (χ3n) is 7.16. The Labute approximate surface area is 241 Å². The van der Waals surface area contributed by atoms with Gasteiger partial charge in [0.15, 0.2) is 0 Å². The predicted octanol–water partition coefficient (Wildman–Crippen LogP) is 3.46. The second-order valence-corrected chi connectivity index (χ2v) is 13.7. The molecule has 0 spiro atoms. The molecule has 1 amide bonds. The Hall–Kier alpha value is -3.57. The molecule has 0 atom stereocenters. The zero-order valence-electron chi connectivity index (χ0n) is 22.9. The molecule has 5 nitrogen and oxygen atoms in total. The van der Waals surface area contributed by atoms with Crippen LogP contribution in [0.25, 0.3) is 0 Å². The average molecular weight is 634 g/mol. The van der Waals surface area contributed by atoms with E-state index < -0.39 is 0 Å². The molecular weight excluding hydrogens is 599 g/mol. The van der Waals surface area contributed by atoms with Crippen molar-refractivity contribution in [2.24, 2.45) is 10.8 Å². The summed E-state index contributed by atoms with van der Waals surface area (Å²) < 4.78 is 14.3. The third-order valence-corrected chi connectivity index (χ3v) is 9.85. The van der Waals surface area contributed by atoms with E-state index in [1.807, 2.05) is 42.5 Å². The fourth-order valence-electron chi connectivity index (χ4n) is 5.52. The molecule has 0 unspecified atom stereocenters. The van der Waals surface area contributed by atoms with Gasteiger partial charge in [0, 0.05) is 0 Å². The van der Waals surface area contributed by atoms with Gasteiger partial charge in [-0.25, -0.2) is 0 Å². The number of ether oxygens (including phenoxy) is 2. The van der Waals surface area contributed by atoms with Gasteiger partial charge in [-0.1, -0.05) is 0 Å². The number of nitrogens with one attached hydrogen (secondary N) is 1. The van der Waals surface area contributed by atoms with E-state index in [1.165, 1.54) is 7.16 Å². The van der Waals surface area contributed by atoms with E-state index in [2.05, 4.69) is 75.5 Å². The number of methoxy groups -OCH3 is 1. The molecule has 3 aliphatic rings. The minimum absolute atomic E-state index is 0.0982. The second kappa shape index (κ2) is 12.1. The summed E-state index contributed by atoms with van der Waals surface area (Å²) in [5.74, 6) is 1.02. The maximum atomic E-state index is 13.4. The van der Waals surface area contributed by atoms with Gasteiger partial charge in [-0.3, -0.25) is 0 Å². The second-order valence-electron chi connectivity index (χ2n) is 10.7. The summed E-state index contributed by atoms with van der Waals surface area (Å²) in [6.07, 6.45) is 26.2. The number of halogens is 1. The molecular formula is C33H34IN2O3-. The molecule has 6 heteroatoms. The number of nitrogens with zero attached hydrogens (tertiary/aromatic N) is 1. The Bertz CT molecular complexity index is 1390. The Morgan fingerprint density at radius 1 is 0.897 bits per heavy atom. The van der Waals surface area contributed by atoms with Gasteiger partial charge < -0.3 is 4.74 Å². The monoisotopic (exact) mass is 633 g/mol. The Kier molecular flexibility index (Phi) is 8.81. The van der Waals surface area contributed by atoms with Crippen molar-refractivity contribution in [3.63, 3.8) is 0 Å². The summed E-state index contributed by atoms with van der Waals surface area (Å²) in [7, 11) is 1.54. The molecule has 1 aromatic rings. The van der Waals surface area contributed by atoms with Gasteiger partial charge in [0.25, 0.3) is 0 Å². The van der Waals surface area contributed by atoms with Crippen LogP contribution in [0.5, 0.6) is 11.5 Å². The minimum Gasteiger partial charge on any atom is -0.192 e. The van der Waals surface area contributed by atoms with Crippen molar-refractivity contribution in [1.29, 1.82) is 5.26 Å². The zero-order valence-corrected chi connectivity index (χ0v) is 25.1. The molecule has 0 aliphatic heterocycles.